The normalized spacial score (nSPS) is 14.2. The summed E-state index contributed by atoms with van der Waals surface area (Å²) in [5, 5.41) is 8.49. The van der Waals surface area contributed by atoms with E-state index in [9.17, 15) is 13.2 Å². The number of unbranched alkanes of at least 4 members (excludes halogenated alkanes) is 2. The minimum Gasteiger partial charge on any atom is -0.497 e. The Hall–Kier alpha value is -5.56. The minimum atomic E-state index is -3.68. The summed E-state index contributed by atoms with van der Waals surface area (Å²) in [5.41, 5.74) is 4.26. The Morgan fingerprint density at radius 1 is 0.717 bits per heavy atom. The van der Waals surface area contributed by atoms with Crippen LogP contribution in [0.5, 0.6) is 11.5 Å². The third kappa shape index (κ3) is 11.0. The highest BCUT2D eigenvalue weighted by Crippen LogP contribution is 2.44. The standard InChI is InChI=1S/C48H57N5O6S/c1-47(36-59-48(37-12-8-6-9-13-37,38-15-25-43(57-4)26-16-38)39-17-27-44(58-5)28-18-39)31-34-53(35-32-47)46(54)14-10-7-11-33-49-60(55,56)45-29-21-41(22-30-45)51-50-40-19-23-42(24-20-40)52(2)3/h6,8-9,12-13,15-30,49H,7,10-11,14,31-36H2,1-5H3. The van der Waals surface area contributed by atoms with Crippen molar-refractivity contribution in [2.75, 3.05) is 59.5 Å². The number of piperidine rings is 1. The molecule has 0 aliphatic carbocycles. The van der Waals surface area contributed by atoms with Gasteiger partial charge in [-0.15, -0.1) is 0 Å². The molecule has 1 heterocycles. The predicted octanol–water partition coefficient (Wildman–Crippen LogP) is 9.66. The maximum atomic E-state index is 13.3. The fourth-order valence-electron chi connectivity index (χ4n) is 7.45. The van der Waals surface area contributed by atoms with Crippen LogP contribution in [0.15, 0.2) is 143 Å². The van der Waals surface area contributed by atoms with Crippen molar-refractivity contribution in [1.82, 2.24) is 9.62 Å². The molecule has 0 atom stereocenters. The molecule has 1 fully saturated rings. The number of likely N-dealkylation sites (tertiary alicyclic amines) is 1. The molecule has 0 aromatic heterocycles. The summed E-state index contributed by atoms with van der Waals surface area (Å²) < 4.78 is 46.8. The van der Waals surface area contributed by atoms with Crippen molar-refractivity contribution in [1.29, 1.82) is 0 Å². The molecule has 1 saturated heterocycles. The van der Waals surface area contributed by atoms with Gasteiger partial charge in [-0.1, -0.05) is 67.9 Å². The zero-order chi connectivity index (χ0) is 42.6. The van der Waals surface area contributed by atoms with Crippen LogP contribution in [-0.2, 0) is 25.2 Å². The van der Waals surface area contributed by atoms with Gasteiger partial charge in [0.25, 0.3) is 0 Å². The van der Waals surface area contributed by atoms with E-state index in [1.165, 1.54) is 12.1 Å². The Bertz CT molecular complexity index is 2210. The van der Waals surface area contributed by atoms with Gasteiger partial charge in [0.15, 0.2) is 0 Å². The molecule has 316 valence electrons. The lowest BCUT2D eigenvalue weighted by atomic mass is 9.78. The lowest BCUT2D eigenvalue weighted by Crippen LogP contribution is -2.45. The Balaban J connectivity index is 0.976. The van der Waals surface area contributed by atoms with Crippen molar-refractivity contribution in [3.63, 3.8) is 0 Å². The number of azo groups is 1. The molecule has 0 unspecified atom stereocenters. The number of methoxy groups -OCH3 is 2. The topological polar surface area (TPSA) is 122 Å². The van der Waals surface area contributed by atoms with Gasteiger partial charge < -0.3 is 24.0 Å². The number of ether oxygens (including phenoxy) is 3. The Morgan fingerprint density at radius 3 is 1.75 bits per heavy atom. The van der Waals surface area contributed by atoms with Crippen LogP contribution in [0.4, 0.5) is 17.1 Å². The molecular formula is C48H57N5O6S. The first kappa shape index (κ1) is 44.0. The number of hydrogen-bond acceptors (Lipinski definition) is 9. The summed E-state index contributed by atoms with van der Waals surface area (Å²) >= 11 is 0. The second kappa shape index (κ2) is 20.1. The second-order valence-corrected chi connectivity index (χ2v) is 17.6. The molecule has 0 saturated carbocycles. The molecule has 5 aromatic carbocycles. The number of hydrogen-bond donors (Lipinski definition) is 1. The van der Waals surface area contributed by atoms with Gasteiger partial charge in [0.2, 0.25) is 15.9 Å². The monoisotopic (exact) mass is 831 g/mol. The molecule has 1 aliphatic heterocycles. The van der Waals surface area contributed by atoms with Gasteiger partial charge in [0, 0.05) is 45.8 Å². The highest BCUT2D eigenvalue weighted by Gasteiger charge is 2.41. The number of amides is 1. The molecule has 11 nitrogen and oxygen atoms in total. The predicted molar refractivity (Wildman–Crippen MR) is 237 cm³/mol. The molecule has 0 bridgehead atoms. The van der Waals surface area contributed by atoms with E-state index < -0.39 is 15.6 Å². The van der Waals surface area contributed by atoms with Crippen molar-refractivity contribution >= 4 is 33.0 Å². The van der Waals surface area contributed by atoms with Crippen LogP contribution in [0.2, 0.25) is 0 Å². The summed E-state index contributed by atoms with van der Waals surface area (Å²) in [4.78, 5) is 17.4. The maximum Gasteiger partial charge on any atom is 0.240 e. The van der Waals surface area contributed by atoms with Gasteiger partial charge in [-0.3, -0.25) is 4.79 Å². The molecule has 12 heteroatoms. The summed E-state index contributed by atoms with van der Waals surface area (Å²) in [6, 6.07) is 40.4. The molecule has 6 rings (SSSR count). The number of benzene rings is 5. The van der Waals surface area contributed by atoms with E-state index in [0.717, 1.165) is 53.1 Å². The quantitative estimate of drug-likeness (QED) is 0.0500. The molecule has 60 heavy (non-hydrogen) atoms. The molecule has 0 spiro atoms. The van der Waals surface area contributed by atoms with E-state index in [-0.39, 0.29) is 16.2 Å². The van der Waals surface area contributed by atoms with Crippen molar-refractivity contribution in [2.24, 2.45) is 15.6 Å². The fraction of sp³-hybridized carbons (Fsp3) is 0.354. The number of carbonyl (C=O) groups excluding carboxylic acids is 1. The van der Waals surface area contributed by atoms with Gasteiger partial charge in [-0.2, -0.15) is 10.2 Å². The van der Waals surface area contributed by atoms with E-state index >= 15 is 0 Å². The molecule has 1 aliphatic rings. The SMILES string of the molecule is COc1ccc(C(OCC2(C)CCN(C(=O)CCCCCNS(=O)(=O)c3ccc(N=Nc4ccc(N(C)C)cc4)cc3)CC2)(c2ccccc2)c2ccc(OC)cc2)cc1. The third-order valence-corrected chi connectivity index (χ3v) is 12.8. The van der Waals surface area contributed by atoms with Crippen LogP contribution in [-0.4, -0.2) is 73.8 Å². The summed E-state index contributed by atoms with van der Waals surface area (Å²) in [7, 11) is 3.59. The summed E-state index contributed by atoms with van der Waals surface area (Å²) in [6.07, 6.45) is 4.12. The number of sulfonamides is 1. The Morgan fingerprint density at radius 2 is 1.23 bits per heavy atom. The van der Waals surface area contributed by atoms with Gasteiger partial charge in [-0.25, -0.2) is 13.1 Å². The first-order valence-corrected chi connectivity index (χ1v) is 22.0. The van der Waals surface area contributed by atoms with Crippen molar-refractivity contribution in [2.45, 2.75) is 55.9 Å². The van der Waals surface area contributed by atoms with Crippen LogP contribution in [0.3, 0.4) is 0 Å². The smallest absolute Gasteiger partial charge is 0.240 e. The number of nitrogens with zero attached hydrogens (tertiary/aromatic N) is 4. The molecule has 1 amide bonds. The number of anilines is 1. The Labute approximate surface area is 355 Å². The van der Waals surface area contributed by atoms with Crippen molar-refractivity contribution in [3.05, 3.63) is 144 Å². The van der Waals surface area contributed by atoms with E-state index in [1.807, 2.05) is 90.6 Å². The minimum absolute atomic E-state index is 0.136. The second-order valence-electron chi connectivity index (χ2n) is 15.8. The lowest BCUT2D eigenvalue weighted by Gasteiger charge is -2.43. The Kier molecular flexibility index (Phi) is 14.8. The number of nitrogens with one attached hydrogen (secondary N) is 1. The van der Waals surface area contributed by atoms with E-state index in [0.29, 0.717) is 56.9 Å². The fourth-order valence-corrected chi connectivity index (χ4v) is 8.52. The largest absolute Gasteiger partial charge is 0.497 e. The molecular weight excluding hydrogens is 775 g/mol. The van der Waals surface area contributed by atoms with Crippen LogP contribution in [0.25, 0.3) is 0 Å². The zero-order valence-electron chi connectivity index (χ0n) is 35.3. The van der Waals surface area contributed by atoms with Crippen LogP contribution >= 0.6 is 0 Å². The number of rotatable bonds is 19. The average molecular weight is 832 g/mol. The third-order valence-electron chi connectivity index (χ3n) is 11.3. The first-order valence-electron chi connectivity index (χ1n) is 20.5. The zero-order valence-corrected chi connectivity index (χ0v) is 36.2. The van der Waals surface area contributed by atoms with E-state index in [1.54, 1.807) is 26.4 Å². The van der Waals surface area contributed by atoms with E-state index in [4.69, 9.17) is 14.2 Å². The van der Waals surface area contributed by atoms with Gasteiger partial charge in [0.1, 0.15) is 17.1 Å². The van der Waals surface area contributed by atoms with Crippen molar-refractivity contribution < 1.29 is 27.4 Å². The van der Waals surface area contributed by atoms with E-state index in [2.05, 4.69) is 58.3 Å². The lowest BCUT2D eigenvalue weighted by molar-refractivity contribution is -0.135. The highest BCUT2D eigenvalue weighted by atomic mass is 32.2. The molecule has 5 aromatic rings. The summed E-state index contributed by atoms with van der Waals surface area (Å²) in [6.45, 7) is 4.35. The summed E-state index contributed by atoms with van der Waals surface area (Å²) in [5.74, 6) is 1.67. The van der Waals surface area contributed by atoms with Crippen molar-refractivity contribution in [3.8, 4) is 11.5 Å². The van der Waals surface area contributed by atoms with Gasteiger partial charge in [-0.05, 0) is 121 Å². The molecule has 1 N–H and O–H groups in total. The number of carbonyl (C=O) groups is 1. The van der Waals surface area contributed by atoms with Crippen LogP contribution in [0.1, 0.15) is 62.1 Å². The van der Waals surface area contributed by atoms with Crippen LogP contribution < -0.4 is 19.1 Å². The highest BCUT2D eigenvalue weighted by molar-refractivity contribution is 7.89. The molecule has 0 radical (unpaired) electrons. The van der Waals surface area contributed by atoms with Crippen LogP contribution in [0, 0.1) is 5.41 Å². The van der Waals surface area contributed by atoms with Gasteiger partial charge in [0.05, 0.1) is 37.1 Å². The van der Waals surface area contributed by atoms with Gasteiger partial charge >= 0.3 is 0 Å². The first-order chi connectivity index (χ1) is 28.9. The average Bonchev–Trinajstić information content (AvgIpc) is 3.28. The maximum absolute atomic E-state index is 13.3.